The summed E-state index contributed by atoms with van der Waals surface area (Å²) in [5, 5.41) is 7.41. The molecule has 1 atom stereocenters. The third-order valence-electron chi connectivity index (χ3n) is 3.46. The number of anilines is 1. The summed E-state index contributed by atoms with van der Waals surface area (Å²) < 4.78 is 0. The Balaban J connectivity index is 0.00000288. The van der Waals surface area contributed by atoms with Gasteiger partial charge in [-0.25, -0.2) is 0 Å². The highest BCUT2D eigenvalue weighted by atomic mass is 35.5. The van der Waals surface area contributed by atoms with Crippen LogP contribution in [0.5, 0.6) is 0 Å². The van der Waals surface area contributed by atoms with Gasteiger partial charge in [-0.2, -0.15) is 11.8 Å². The zero-order valence-electron chi connectivity index (χ0n) is 13.5. The van der Waals surface area contributed by atoms with Crippen LogP contribution in [-0.2, 0) is 9.59 Å². The van der Waals surface area contributed by atoms with Crippen molar-refractivity contribution in [2.75, 3.05) is 23.9 Å². The second-order valence-electron chi connectivity index (χ2n) is 5.18. The Morgan fingerprint density at radius 2 is 1.88 bits per heavy atom. The average Bonchev–Trinajstić information content (AvgIpc) is 2.57. The number of rotatable bonds is 7. The molecule has 0 saturated carbocycles. The van der Waals surface area contributed by atoms with Crippen LogP contribution in [0.3, 0.4) is 0 Å². The van der Waals surface area contributed by atoms with E-state index in [0.29, 0.717) is 6.42 Å². The maximum Gasteiger partial charge on any atom is 0.243 e. The molecular formula is C17H22ClN3O2S. The molecule has 2 aromatic carbocycles. The van der Waals surface area contributed by atoms with Crippen molar-refractivity contribution in [2.24, 2.45) is 5.73 Å². The van der Waals surface area contributed by atoms with E-state index in [1.807, 2.05) is 48.7 Å². The lowest BCUT2D eigenvalue weighted by Crippen LogP contribution is -2.43. The van der Waals surface area contributed by atoms with Crippen LogP contribution in [-0.4, -0.2) is 36.4 Å². The molecule has 2 aromatic rings. The Kier molecular flexibility index (Phi) is 8.60. The van der Waals surface area contributed by atoms with Gasteiger partial charge in [0.1, 0.15) is 0 Å². The van der Waals surface area contributed by atoms with E-state index in [1.54, 1.807) is 11.8 Å². The first-order valence-electron chi connectivity index (χ1n) is 7.41. The zero-order valence-corrected chi connectivity index (χ0v) is 15.1. The molecule has 0 bridgehead atoms. The van der Waals surface area contributed by atoms with Gasteiger partial charge in [-0.05, 0) is 29.9 Å². The van der Waals surface area contributed by atoms with Gasteiger partial charge in [0.25, 0.3) is 0 Å². The molecule has 0 heterocycles. The largest absolute Gasteiger partial charge is 0.346 e. The Hall–Kier alpha value is -1.76. The van der Waals surface area contributed by atoms with E-state index < -0.39 is 6.04 Å². The van der Waals surface area contributed by atoms with Crippen LogP contribution in [0.4, 0.5) is 5.69 Å². The number of carbonyl (C=O) groups excluding carboxylic acids is 2. The molecule has 0 saturated heterocycles. The van der Waals surface area contributed by atoms with Crippen molar-refractivity contribution in [2.45, 2.75) is 12.5 Å². The Bertz CT molecular complexity index is 691. The number of fused-ring (bicyclic) bond motifs is 1. The van der Waals surface area contributed by atoms with Crippen LogP contribution in [0, 0.1) is 0 Å². The fourth-order valence-electron chi connectivity index (χ4n) is 2.20. The fourth-order valence-corrected chi connectivity index (χ4v) is 2.69. The first-order chi connectivity index (χ1) is 11.1. The highest BCUT2D eigenvalue weighted by Crippen LogP contribution is 2.22. The molecule has 0 aromatic heterocycles. The molecule has 2 amide bonds. The maximum absolute atomic E-state index is 12.0. The van der Waals surface area contributed by atoms with Crippen molar-refractivity contribution < 1.29 is 9.59 Å². The van der Waals surface area contributed by atoms with E-state index in [1.165, 1.54) is 0 Å². The molecule has 24 heavy (non-hydrogen) atoms. The zero-order chi connectivity index (χ0) is 16.7. The minimum Gasteiger partial charge on any atom is -0.346 e. The van der Waals surface area contributed by atoms with Gasteiger partial charge in [0.05, 0.1) is 12.6 Å². The fraction of sp³-hybridized carbons (Fsp3) is 0.294. The maximum atomic E-state index is 12.0. The molecule has 0 unspecified atom stereocenters. The summed E-state index contributed by atoms with van der Waals surface area (Å²) in [5.41, 5.74) is 6.49. The third kappa shape index (κ3) is 5.70. The summed E-state index contributed by atoms with van der Waals surface area (Å²) in [7, 11) is 0. The predicted molar refractivity (Wildman–Crippen MR) is 104 cm³/mol. The minimum atomic E-state index is -0.576. The first-order valence-corrected chi connectivity index (χ1v) is 8.81. The van der Waals surface area contributed by atoms with Crippen molar-refractivity contribution >= 4 is 52.4 Å². The molecule has 130 valence electrons. The summed E-state index contributed by atoms with van der Waals surface area (Å²) in [5.74, 6) is 0.246. The van der Waals surface area contributed by atoms with Crippen LogP contribution in [0.25, 0.3) is 10.8 Å². The molecule has 0 aliphatic heterocycles. The van der Waals surface area contributed by atoms with E-state index >= 15 is 0 Å². The van der Waals surface area contributed by atoms with Gasteiger partial charge in [0.2, 0.25) is 11.8 Å². The summed E-state index contributed by atoms with van der Waals surface area (Å²) in [6.07, 6.45) is 2.56. The number of carbonyl (C=O) groups is 2. The number of thioether (sulfide) groups is 1. The van der Waals surface area contributed by atoms with Crippen LogP contribution in [0.15, 0.2) is 42.5 Å². The lowest BCUT2D eigenvalue weighted by Gasteiger charge is -2.12. The number of benzene rings is 2. The van der Waals surface area contributed by atoms with Gasteiger partial charge in [-0.15, -0.1) is 12.4 Å². The molecule has 0 spiro atoms. The standard InChI is InChI=1S/C17H21N3O2S.ClH/c1-23-10-9-14(18)17(22)19-11-16(21)20-15-8-4-6-12-5-2-3-7-13(12)15;/h2-8,14H,9-11,18H2,1H3,(H,19,22)(H,20,21);1H/t14-;/m0./s1. The lowest BCUT2D eigenvalue weighted by molar-refractivity contribution is -0.125. The van der Waals surface area contributed by atoms with Crippen LogP contribution >= 0.6 is 24.2 Å². The lowest BCUT2D eigenvalue weighted by atomic mass is 10.1. The van der Waals surface area contributed by atoms with Crippen LogP contribution in [0.2, 0.25) is 0 Å². The van der Waals surface area contributed by atoms with Crippen molar-refractivity contribution in [1.29, 1.82) is 0 Å². The number of hydrogen-bond donors (Lipinski definition) is 3. The van der Waals surface area contributed by atoms with Gasteiger partial charge in [-0.3, -0.25) is 9.59 Å². The van der Waals surface area contributed by atoms with Gasteiger partial charge in [-0.1, -0.05) is 36.4 Å². The number of nitrogens with two attached hydrogens (primary N) is 1. The highest BCUT2D eigenvalue weighted by molar-refractivity contribution is 7.98. The summed E-state index contributed by atoms with van der Waals surface area (Å²) in [6, 6.07) is 12.9. The Morgan fingerprint density at radius 3 is 2.62 bits per heavy atom. The predicted octanol–water partition coefficient (Wildman–Crippen LogP) is 2.40. The highest BCUT2D eigenvalue weighted by Gasteiger charge is 2.14. The summed E-state index contributed by atoms with van der Waals surface area (Å²) in [6.45, 7) is -0.0883. The van der Waals surface area contributed by atoms with Crippen molar-refractivity contribution in [3.63, 3.8) is 0 Å². The molecule has 2 rings (SSSR count). The van der Waals surface area contributed by atoms with Crippen molar-refractivity contribution in [3.05, 3.63) is 42.5 Å². The summed E-state index contributed by atoms with van der Waals surface area (Å²) in [4.78, 5) is 23.8. The Labute approximate surface area is 152 Å². The quantitative estimate of drug-likeness (QED) is 0.701. The number of hydrogen-bond acceptors (Lipinski definition) is 4. The molecule has 0 aliphatic rings. The van der Waals surface area contributed by atoms with Gasteiger partial charge >= 0.3 is 0 Å². The topological polar surface area (TPSA) is 84.2 Å². The second-order valence-corrected chi connectivity index (χ2v) is 6.17. The van der Waals surface area contributed by atoms with Gasteiger partial charge in [0.15, 0.2) is 0 Å². The Morgan fingerprint density at radius 1 is 1.17 bits per heavy atom. The number of nitrogens with one attached hydrogen (secondary N) is 2. The van der Waals surface area contributed by atoms with Crippen molar-refractivity contribution in [1.82, 2.24) is 5.32 Å². The molecular weight excluding hydrogens is 346 g/mol. The summed E-state index contributed by atoms with van der Waals surface area (Å²) >= 11 is 1.64. The van der Waals surface area contributed by atoms with E-state index in [9.17, 15) is 9.59 Å². The smallest absolute Gasteiger partial charge is 0.243 e. The molecule has 5 nitrogen and oxygen atoms in total. The normalized spacial score (nSPS) is 11.4. The molecule has 0 aliphatic carbocycles. The van der Waals surface area contributed by atoms with E-state index in [2.05, 4.69) is 10.6 Å². The number of amides is 2. The monoisotopic (exact) mass is 367 g/mol. The molecule has 4 N–H and O–H groups in total. The van der Waals surface area contributed by atoms with E-state index in [4.69, 9.17) is 5.73 Å². The molecule has 0 fully saturated rings. The minimum absolute atomic E-state index is 0. The third-order valence-corrected chi connectivity index (χ3v) is 4.10. The molecule has 7 heteroatoms. The number of halogens is 1. The second kappa shape index (κ2) is 10.2. The van der Waals surface area contributed by atoms with Crippen LogP contribution < -0.4 is 16.4 Å². The van der Waals surface area contributed by atoms with Gasteiger partial charge in [0, 0.05) is 11.1 Å². The van der Waals surface area contributed by atoms with Crippen LogP contribution in [0.1, 0.15) is 6.42 Å². The van der Waals surface area contributed by atoms with Gasteiger partial charge < -0.3 is 16.4 Å². The molecule has 0 radical (unpaired) electrons. The van der Waals surface area contributed by atoms with E-state index in [-0.39, 0.29) is 30.8 Å². The van der Waals surface area contributed by atoms with E-state index in [0.717, 1.165) is 22.2 Å². The van der Waals surface area contributed by atoms with Crippen molar-refractivity contribution in [3.8, 4) is 0 Å². The average molecular weight is 368 g/mol. The SMILES string of the molecule is CSCC[C@H](N)C(=O)NCC(=O)Nc1cccc2ccccc12.Cl. The first kappa shape index (κ1) is 20.3.